The van der Waals surface area contributed by atoms with Gasteiger partial charge in [-0.2, -0.15) is 0 Å². The van der Waals surface area contributed by atoms with Gasteiger partial charge in [0.2, 0.25) is 0 Å². The van der Waals surface area contributed by atoms with Crippen LogP contribution in [0.3, 0.4) is 0 Å². The molecule has 1 atom stereocenters. The molecule has 6 heteroatoms. The molecule has 21 heavy (non-hydrogen) atoms. The Morgan fingerprint density at radius 2 is 1.76 bits per heavy atom. The van der Waals surface area contributed by atoms with Gasteiger partial charge in [0.15, 0.2) is 0 Å². The maximum atomic E-state index is 11.4. The van der Waals surface area contributed by atoms with Crippen LogP contribution in [0.4, 0.5) is 0 Å². The van der Waals surface area contributed by atoms with Crippen molar-refractivity contribution in [3.63, 3.8) is 0 Å². The zero-order chi connectivity index (χ0) is 16.0. The van der Waals surface area contributed by atoms with Crippen molar-refractivity contribution >= 4 is 32.6 Å². The second-order valence-corrected chi connectivity index (χ2v) is 7.61. The van der Waals surface area contributed by atoms with Crippen LogP contribution in [0.2, 0.25) is 0 Å². The van der Waals surface area contributed by atoms with Gasteiger partial charge in [-0.15, -0.1) is 0 Å². The summed E-state index contributed by atoms with van der Waals surface area (Å²) in [7, 11) is 1.61. The molecule has 1 aromatic rings. The van der Waals surface area contributed by atoms with E-state index in [0.29, 0.717) is 0 Å². The van der Waals surface area contributed by atoms with Crippen LogP contribution in [0, 0.1) is 3.57 Å². The molecule has 0 radical (unpaired) electrons. The van der Waals surface area contributed by atoms with E-state index in [0.717, 1.165) is 21.1 Å². The minimum atomic E-state index is -2.86. The van der Waals surface area contributed by atoms with Crippen LogP contribution in [0.5, 0.6) is 0 Å². The van der Waals surface area contributed by atoms with Crippen molar-refractivity contribution in [1.29, 1.82) is 0 Å². The van der Waals surface area contributed by atoms with Crippen LogP contribution in [0.15, 0.2) is 18.2 Å². The summed E-state index contributed by atoms with van der Waals surface area (Å²) in [5.41, 5.74) is 1.92. The zero-order valence-corrected chi connectivity index (χ0v) is 15.1. The Labute approximate surface area is 133 Å². The van der Waals surface area contributed by atoms with Gasteiger partial charge in [-0.25, -0.2) is 0 Å². The molecule has 0 aliphatic rings. The molecule has 5 nitrogen and oxygen atoms in total. The van der Waals surface area contributed by atoms with Gasteiger partial charge in [0.25, 0.3) is 0 Å². The van der Waals surface area contributed by atoms with Crippen molar-refractivity contribution in [1.82, 2.24) is 0 Å². The molecule has 0 saturated heterocycles. The number of hydrogen-bond donors (Lipinski definition) is 0. The van der Waals surface area contributed by atoms with Gasteiger partial charge in [-0.1, -0.05) is 0 Å². The molecule has 1 unspecified atom stereocenters. The number of benzene rings is 1. The topological polar surface area (TPSA) is 61.8 Å². The first kappa shape index (κ1) is 17.9. The molecular formula is C15H21IO5. The Kier molecular flexibility index (Phi) is 7.10. The van der Waals surface area contributed by atoms with Crippen LogP contribution in [0.25, 0.3) is 0 Å². The standard InChI is InChI=1S/C15H21IO5/c1-6-13-8-7-9-14(10(2)19-5)15(13)16(20-11(3)17)21-12(4)18/h7-10H,6H2,1-5H3. The summed E-state index contributed by atoms with van der Waals surface area (Å²) in [4.78, 5) is 22.7. The van der Waals surface area contributed by atoms with Crippen molar-refractivity contribution in [3.05, 3.63) is 32.9 Å². The summed E-state index contributed by atoms with van der Waals surface area (Å²) in [5, 5.41) is 0. The van der Waals surface area contributed by atoms with Gasteiger partial charge < -0.3 is 0 Å². The fourth-order valence-corrected chi connectivity index (χ4v) is 5.70. The van der Waals surface area contributed by atoms with Gasteiger partial charge in [0.05, 0.1) is 0 Å². The van der Waals surface area contributed by atoms with Gasteiger partial charge in [-0.05, 0) is 0 Å². The van der Waals surface area contributed by atoms with Crippen molar-refractivity contribution < 1.29 is 20.5 Å². The summed E-state index contributed by atoms with van der Waals surface area (Å²) in [6.07, 6.45) is 0.591. The normalized spacial score (nSPS) is 12.5. The molecule has 0 aromatic heterocycles. The van der Waals surface area contributed by atoms with Crippen LogP contribution >= 0.6 is 20.6 Å². The number of methoxy groups -OCH3 is 1. The van der Waals surface area contributed by atoms with Crippen molar-refractivity contribution in [2.45, 2.75) is 40.2 Å². The molecule has 0 N–H and O–H groups in total. The Morgan fingerprint density at radius 1 is 1.19 bits per heavy atom. The number of hydrogen-bond acceptors (Lipinski definition) is 5. The fourth-order valence-electron chi connectivity index (χ4n) is 1.79. The first-order valence-electron chi connectivity index (χ1n) is 6.63. The van der Waals surface area contributed by atoms with Crippen molar-refractivity contribution in [2.24, 2.45) is 0 Å². The van der Waals surface area contributed by atoms with E-state index >= 15 is 0 Å². The number of carbonyl (C=O) groups excluding carboxylic acids is 2. The number of carbonyl (C=O) groups is 2. The number of rotatable bonds is 6. The molecule has 0 aliphatic heterocycles. The van der Waals surface area contributed by atoms with Crippen LogP contribution < -0.4 is 0 Å². The monoisotopic (exact) mass is 408 g/mol. The predicted octanol–water partition coefficient (Wildman–Crippen LogP) is 3.59. The van der Waals surface area contributed by atoms with E-state index in [1.54, 1.807) is 7.11 Å². The van der Waals surface area contributed by atoms with E-state index in [1.807, 2.05) is 32.0 Å². The van der Waals surface area contributed by atoms with Crippen molar-refractivity contribution in [3.8, 4) is 0 Å². The summed E-state index contributed by atoms with van der Waals surface area (Å²) >= 11 is -2.86. The van der Waals surface area contributed by atoms with E-state index < -0.39 is 32.6 Å². The number of halogens is 1. The Balaban J connectivity index is 3.37. The predicted molar refractivity (Wildman–Crippen MR) is 87.5 cm³/mol. The summed E-state index contributed by atoms with van der Waals surface area (Å²) < 4.78 is 16.9. The third-order valence-corrected chi connectivity index (χ3v) is 7.03. The minimum absolute atomic E-state index is 0.169. The molecule has 0 aliphatic carbocycles. The third-order valence-electron chi connectivity index (χ3n) is 2.79. The molecule has 0 spiro atoms. The molecule has 0 heterocycles. The van der Waals surface area contributed by atoms with E-state index in [2.05, 4.69) is 0 Å². The second-order valence-electron chi connectivity index (χ2n) is 4.41. The quantitative estimate of drug-likeness (QED) is 0.674. The Morgan fingerprint density at radius 3 is 2.19 bits per heavy atom. The number of ether oxygens (including phenoxy) is 1. The van der Waals surface area contributed by atoms with E-state index in [9.17, 15) is 9.59 Å². The van der Waals surface area contributed by atoms with Crippen LogP contribution in [-0.4, -0.2) is 19.0 Å². The maximum absolute atomic E-state index is 11.4. The van der Waals surface area contributed by atoms with Gasteiger partial charge in [0.1, 0.15) is 0 Å². The zero-order valence-electron chi connectivity index (χ0n) is 12.9. The molecule has 1 rings (SSSR count). The molecule has 118 valence electrons. The Hall–Kier alpha value is -1.15. The van der Waals surface area contributed by atoms with Crippen molar-refractivity contribution in [2.75, 3.05) is 7.11 Å². The average Bonchev–Trinajstić information content (AvgIpc) is 2.43. The summed E-state index contributed by atoms with van der Waals surface area (Å²) in [5.74, 6) is -0.883. The molecule has 0 bridgehead atoms. The SMILES string of the molecule is CCc1cccc(C(C)OC)c1I(OC(C)=O)OC(C)=O. The molecule has 0 amide bonds. The van der Waals surface area contributed by atoms with Gasteiger partial charge >= 0.3 is 133 Å². The molecule has 0 fully saturated rings. The summed E-state index contributed by atoms with van der Waals surface area (Å²) in [6, 6.07) is 5.81. The van der Waals surface area contributed by atoms with E-state index in [1.165, 1.54) is 13.8 Å². The van der Waals surface area contributed by atoms with Crippen LogP contribution in [0.1, 0.15) is 44.9 Å². The van der Waals surface area contributed by atoms with Gasteiger partial charge in [0, 0.05) is 0 Å². The first-order valence-corrected chi connectivity index (χ1v) is 9.47. The summed E-state index contributed by atoms with van der Waals surface area (Å²) in [6.45, 7) is 6.56. The fraction of sp³-hybridized carbons (Fsp3) is 0.467. The van der Waals surface area contributed by atoms with E-state index in [-0.39, 0.29) is 6.10 Å². The van der Waals surface area contributed by atoms with Gasteiger partial charge in [-0.3, -0.25) is 0 Å². The van der Waals surface area contributed by atoms with Crippen LogP contribution in [-0.2, 0) is 26.9 Å². The average molecular weight is 408 g/mol. The molecular weight excluding hydrogens is 387 g/mol. The van der Waals surface area contributed by atoms with E-state index in [4.69, 9.17) is 10.9 Å². The first-order chi connectivity index (χ1) is 9.90. The third kappa shape index (κ3) is 4.96. The Bertz CT molecular complexity index is 499. The number of aryl methyl sites for hydroxylation is 1. The molecule has 1 aromatic carbocycles. The second kappa shape index (κ2) is 8.33. The molecule has 0 saturated carbocycles.